The second-order valence-corrected chi connectivity index (χ2v) is 7.54. The summed E-state index contributed by atoms with van der Waals surface area (Å²) >= 11 is 5.80. The molecule has 0 fully saturated rings. The highest BCUT2D eigenvalue weighted by Gasteiger charge is 2.11. The van der Waals surface area contributed by atoms with E-state index in [1.54, 1.807) is 19.1 Å². The molecule has 0 spiro atoms. The summed E-state index contributed by atoms with van der Waals surface area (Å²) in [5.41, 5.74) is 0. The number of sulfone groups is 1. The largest absolute Gasteiger partial charge is 0.492 e. The third-order valence-electron chi connectivity index (χ3n) is 3.12. The minimum Gasteiger partial charge on any atom is -0.492 e. The van der Waals surface area contributed by atoms with Gasteiger partial charge in [-0.15, -0.1) is 0 Å². The second kappa shape index (κ2) is 8.49. The Morgan fingerprint density at radius 3 is 2.50 bits per heavy atom. The van der Waals surface area contributed by atoms with Crippen LogP contribution in [0.25, 0.3) is 0 Å². The highest BCUT2D eigenvalue weighted by atomic mass is 35.5. The van der Waals surface area contributed by atoms with E-state index in [-0.39, 0.29) is 17.5 Å². The van der Waals surface area contributed by atoms with Crippen LogP contribution in [0.2, 0.25) is 5.02 Å². The molecular formula is C14H22ClNO3S. The van der Waals surface area contributed by atoms with Crippen molar-refractivity contribution < 1.29 is 13.2 Å². The molecule has 1 N–H and O–H groups in total. The van der Waals surface area contributed by atoms with E-state index in [9.17, 15) is 8.42 Å². The van der Waals surface area contributed by atoms with Crippen molar-refractivity contribution in [1.82, 2.24) is 5.32 Å². The van der Waals surface area contributed by atoms with Gasteiger partial charge in [0.2, 0.25) is 0 Å². The van der Waals surface area contributed by atoms with E-state index < -0.39 is 9.84 Å². The average molecular weight is 320 g/mol. The first-order valence-corrected chi connectivity index (χ1v) is 8.93. The fraction of sp³-hybridized carbons (Fsp3) is 0.571. The molecule has 0 radical (unpaired) electrons. The molecule has 6 heteroatoms. The SMILES string of the molecule is CCS(=O)(=O)CCCC(COc1ccc(Cl)cc1)NC. The fourth-order valence-electron chi connectivity index (χ4n) is 1.73. The van der Waals surface area contributed by atoms with Crippen LogP contribution in [0.15, 0.2) is 24.3 Å². The number of benzene rings is 1. The molecular weight excluding hydrogens is 298 g/mol. The van der Waals surface area contributed by atoms with Gasteiger partial charge >= 0.3 is 0 Å². The molecule has 0 aliphatic rings. The first-order valence-electron chi connectivity index (χ1n) is 6.73. The lowest BCUT2D eigenvalue weighted by atomic mass is 10.2. The van der Waals surface area contributed by atoms with Crippen molar-refractivity contribution in [2.45, 2.75) is 25.8 Å². The summed E-state index contributed by atoms with van der Waals surface area (Å²) in [6.45, 7) is 2.18. The zero-order chi connectivity index (χ0) is 15.0. The molecule has 20 heavy (non-hydrogen) atoms. The van der Waals surface area contributed by atoms with Gasteiger partial charge in [0.05, 0.1) is 5.75 Å². The lowest BCUT2D eigenvalue weighted by Crippen LogP contribution is -2.32. The van der Waals surface area contributed by atoms with Crippen molar-refractivity contribution in [2.75, 3.05) is 25.2 Å². The van der Waals surface area contributed by atoms with E-state index in [0.717, 1.165) is 12.2 Å². The molecule has 0 amide bonds. The molecule has 0 saturated heterocycles. The molecule has 4 nitrogen and oxygen atoms in total. The number of rotatable bonds is 9. The minimum atomic E-state index is -2.88. The Morgan fingerprint density at radius 2 is 1.95 bits per heavy atom. The molecule has 1 aromatic rings. The maximum atomic E-state index is 11.4. The molecule has 0 bridgehead atoms. The van der Waals surface area contributed by atoms with Crippen molar-refractivity contribution in [3.05, 3.63) is 29.3 Å². The molecule has 1 atom stereocenters. The van der Waals surface area contributed by atoms with Crippen LogP contribution in [0, 0.1) is 0 Å². The van der Waals surface area contributed by atoms with Crippen LogP contribution < -0.4 is 10.1 Å². The number of likely N-dealkylation sites (N-methyl/N-ethyl adjacent to an activating group) is 1. The second-order valence-electron chi connectivity index (χ2n) is 4.63. The van der Waals surface area contributed by atoms with Crippen LogP contribution in [-0.2, 0) is 9.84 Å². The van der Waals surface area contributed by atoms with Crippen molar-refractivity contribution in [3.63, 3.8) is 0 Å². The summed E-state index contributed by atoms with van der Waals surface area (Å²) in [6.07, 6.45) is 1.41. The molecule has 0 heterocycles. The standard InChI is InChI=1S/C14H22ClNO3S/c1-3-20(17,18)10-4-5-13(16-2)11-19-14-8-6-12(15)7-9-14/h6-9,13,16H,3-5,10-11H2,1-2H3. The summed E-state index contributed by atoms with van der Waals surface area (Å²) < 4.78 is 28.5. The molecule has 1 aromatic carbocycles. The Morgan fingerprint density at radius 1 is 1.30 bits per heavy atom. The van der Waals surface area contributed by atoms with Gasteiger partial charge in [0.1, 0.15) is 22.2 Å². The van der Waals surface area contributed by atoms with Crippen molar-refractivity contribution in [2.24, 2.45) is 0 Å². The summed E-state index contributed by atoms with van der Waals surface area (Å²) in [4.78, 5) is 0. The smallest absolute Gasteiger partial charge is 0.150 e. The highest BCUT2D eigenvalue weighted by Crippen LogP contribution is 2.16. The number of ether oxygens (including phenoxy) is 1. The van der Waals surface area contributed by atoms with E-state index >= 15 is 0 Å². The molecule has 1 rings (SSSR count). The van der Waals surface area contributed by atoms with Crippen LogP contribution in [0.5, 0.6) is 5.75 Å². The van der Waals surface area contributed by atoms with E-state index in [0.29, 0.717) is 18.1 Å². The van der Waals surface area contributed by atoms with Gasteiger partial charge in [0, 0.05) is 16.8 Å². The van der Waals surface area contributed by atoms with Crippen LogP contribution >= 0.6 is 11.6 Å². The normalized spacial score (nSPS) is 13.2. The zero-order valence-corrected chi connectivity index (χ0v) is 13.5. The van der Waals surface area contributed by atoms with Crippen molar-refractivity contribution >= 4 is 21.4 Å². The fourth-order valence-corrected chi connectivity index (χ4v) is 2.75. The van der Waals surface area contributed by atoms with Gasteiger partial charge in [-0.05, 0) is 44.2 Å². The molecule has 0 aliphatic carbocycles. The van der Waals surface area contributed by atoms with E-state index in [4.69, 9.17) is 16.3 Å². The predicted octanol–water partition coefficient (Wildman–Crippen LogP) is 2.52. The average Bonchev–Trinajstić information content (AvgIpc) is 2.44. The monoisotopic (exact) mass is 319 g/mol. The Bertz CT molecular complexity index is 488. The third kappa shape index (κ3) is 6.59. The highest BCUT2D eigenvalue weighted by molar-refractivity contribution is 7.91. The minimum absolute atomic E-state index is 0.137. The molecule has 114 valence electrons. The number of halogens is 1. The Kier molecular flexibility index (Phi) is 7.34. The first-order chi connectivity index (χ1) is 9.46. The van der Waals surface area contributed by atoms with Gasteiger partial charge < -0.3 is 10.1 Å². The van der Waals surface area contributed by atoms with Gasteiger partial charge in [-0.25, -0.2) is 8.42 Å². The number of hydrogen-bond donors (Lipinski definition) is 1. The maximum Gasteiger partial charge on any atom is 0.150 e. The molecule has 0 aromatic heterocycles. The lowest BCUT2D eigenvalue weighted by molar-refractivity contribution is 0.263. The first kappa shape index (κ1) is 17.3. The molecule has 0 aliphatic heterocycles. The van der Waals surface area contributed by atoms with Gasteiger partial charge in [-0.1, -0.05) is 18.5 Å². The van der Waals surface area contributed by atoms with Gasteiger partial charge in [-0.2, -0.15) is 0 Å². The summed E-state index contributed by atoms with van der Waals surface area (Å²) in [6, 6.07) is 7.32. The zero-order valence-electron chi connectivity index (χ0n) is 11.9. The van der Waals surface area contributed by atoms with Crippen LogP contribution in [0.4, 0.5) is 0 Å². The maximum absolute atomic E-state index is 11.4. The number of nitrogens with one attached hydrogen (secondary N) is 1. The Labute approximate surface area is 126 Å². The van der Waals surface area contributed by atoms with Crippen LogP contribution in [0.1, 0.15) is 19.8 Å². The summed E-state index contributed by atoms with van der Waals surface area (Å²) in [7, 11) is -1.03. The van der Waals surface area contributed by atoms with Gasteiger partial charge in [0.25, 0.3) is 0 Å². The quantitative estimate of drug-likeness (QED) is 0.760. The molecule has 0 saturated carbocycles. The summed E-state index contributed by atoms with van der Waals surface area (Å²) in [5.74, 6) is 1.21. The van der Waals surface area contributed by atoms with Crippen molar-refractivity contribution in [3.8, 4) is 5.75 Å². The predicted molar refractivity (Wildman–Crippen MR) is 83.4 cm³/mol. The van der Waals surface area contributed by atoms with Crippen molar-refractivity contribution in [1.29, 1.82) is 0 Å². The van der Waals surface area contributed by atoms with E-state index in [2.05, 4.69) is 5.32 Å². The third-order valence-corrected chi connectivity index (χ3v) is 5.16. The summed E-state index contributed by atoms with van der Waals surface area (Å²) in [5, 5.41) is 3.82. The lowest BCUT2D eigenvalue weighted by Gasteiger charge is -2.17. The number of hydrogen-bond acceptors (Lipinski definition) is 4. The Balaban J connectivity index is 2.34. The van der Waals surface area contributed by atoms with Gasteiger partial charge in [0.15, 0.2) is 0 Å². The van der Waals surface area contributed by atoms with Crippen LogP contribution in [0.3, 0.4) is 0 Å². The Hall–Kier alpha value is -0.780. The molecule has 1 unspecified atom stereocenters. The van der Waals surface area contributed by atoms with E-state index in [1.807, 2.05) is 19.2 Å². The topological polar surface area (TPSA) is 55.4 Å². The van der Waals surface area contributed by atoms with E-state index in [1.165, 1.54) is 0 Å². The van der Waals surface area contributed by atoms with Crippen LogP contribution in [-0.4, -0.2) is 39.6 Å². The van der Waals surface area contributed by atoms with Gasteiger partial charge in [-0.3, -0.25) is 0 Å².